The number of benzene rings is 1. The summed E-state index contributed by atoms with van der Waals surface area (Å²) in [5.74, 6) is 0.439. The fraction of sp³-hybridized carbons (Fsp3) is 0.536. The van der Waals surface area contributed by atoms with Crippen LogP contribution >= 0.6 is 0 Å². The molecule has 0 unspecified atom stereocenters. The van der Waals surface area contributed by atoms with Gasteiger partial charge < -0.3 is 25.8 Å². The number of aliphatic hydroxyl groups is 1. The van der Waals surface area contributed by atoms with Crippen LogP contribution in [-0.2, 0) is 10.2 Å². The Morgan fingerprint density at radius 1 is 1.14 bits per heavy atom. The Labute approximate surface area is 212 Å². The number of aromatic nitrogens is 1. The normalized spacial score (nSPS) is 27.3. The SMILES string of the molecule is CC(C)(C)OC(=O)N1C[C@H]2C[C@@]2(c2ccc(-c3cnc(N)c(C(=O)NC4CCC(O)CC4)c3)cc2)C1. The molecule has 0 bridgehead atoms. The number of amides is 2. The predicted molar refractivity (Wildman–Crippen MR) is 137 cm³/mol. The summed E-state index contributed by atoms with van der Waals surface area (Å²) in [6.07, 6.45) is 5.17. The Kier molecular flexibility index (Phi) is 6.19. The number of nitrogen functional groups attached to an aromatic ring is 1. The second-order valence-corrected chi connectivity index (χ2v) is 11.6. The molecule has 1 aromatic carbocycles. The molecular weight excluding hydrogens is 456 g/mol. The average Bonchev–Trinajstić information content (AvgIpc) is 3.40. The average molecular weight is 493 g/mol. The van der Waals surface area contributed by atoms with E-state index in [0.29, 0.717) is 30.9 Å². The number of nitrogens with one attached hydrogen (secondary N) is 1. The van der Waals surface area contributed by atoms with Gasteiger partial charge in [0, 0.05) is 36.3 Å². The topological polar surface area (TPSA) is 118 Å². The Morgan fingerprint density at radius 3 is 2.50 bits per heavy atom. The van der Waals surface area contributed by atoms with E-state index in [1.165, 1.54) is 5.56 Å². The molecular formula is C28H36N4O4. The van der Waals surface area contributed by atoms with Crippen molar-refractivity contribution in [1.82, 2.24) is 15.2 Å². The van der Waals surface area contributed by atoms with E-state index in [1.54, 1.807) is 12.3 Å². The molecule has 2 saturated carbocycles. The number of ether oxygens (including phenoxy) is 1. The summed E-state index contributed by atoms with van der Waals surface area (Å²) in [7, 11) is 0. The van der Waals surface area contributed by atoms with Crippen molar-refractivity contribution < 1.29 is 19.4 Å². The summed E-state index contributed by atoms with van der Waals surface area (Å²) in [6, 6.07) is 10.2. The van der Waals surface area contributed by atoms with Crippen molar-refractivity contribution in [2.24, 2.45) is 5.92 Å². The second-order valence-electron chi connectivity index (χ2n) is 11.6. The highest BCUT2D eigenvalue weighted by molar-refractivity contribution is 5.99. The zero-order chi connectivity index (χ0) is 25.7. The lowest BCUT2D eigenvalue weighted by Gasteiger charge is -2.26. The molecule has 2 amide bonds. The molecule has 3 fully saturated rings. The summed E-state index contributed by atoms with van der Waals surface area (Å²) in [5.41, 5.74) is 8.93. The number of rotatable bonds is 4. The van der Waals surface area contributed by atoms with Crippen LogP contribution in [0.2, 0.25) is 0 Å². The summed E-state index contributed by atoms with van der Waals surface area (Å²) < 4.78 is 5.57. The molecule has 5 rings (SSSR count). The first kappa shape index (κ1) is 24.6. The quantitative estimate of drug-likeness (QED) is 0.596. The van der Waals surface area contributed by atoms with E-state index in [0.717, 1.165) is 36.9 Å². The van der Waals surface area contributed by atoms with Crippen LogP contribution in [0.3, 0.4) is 0 Å². The van der Waals surface area contributed by atoms with Crippen molar-refractivity contribution in [3.05, 3.63) is 47.7 Å². The number of fused-ring (bicyclic) bond motifs is 1. The molecule has 8 nitrogen and oxygen atoms in total. The van der Waals surface area contributed by atoms with Crippen LogP contribution in [-0.4, -0.2) is 57.8 Å². The van der Waals surface area contributed by atoms with Gasteiger partial charge in [-0.1, -0.05) is 24.3 Å². The van der Waals surface area contributed by atoms with Gasteiger partial charge in [-0.3, -0.25) is 4.79 Å². The molecule has 1 saturated heterocycles. The molecule has 0 spiro atoms. The van der Waals surface area contributed by atoms with Gasteiger partial charge in [-0.05, 0) is 76.0 Å². The van der Waals surface area contributed by atoms with Gasteiger partial charge in [0.15, 0.2) is 0 Å². The maximum atomic E-state index is 12.9. The fourth-order valence-corrected chi connectivity index (χ4v) is 5.69. The molecule has 8 heteroatoms. The summed E-state index contributed by atoms with van der Waals surface area (Å²) >= 11 is 0. The number of nitrogens with two attached hydrogens (primary N) is 1. The van der Waals surface area contributed by atoms with E-state index in [4.69, 9.17) is 10.5 Å². The minimum Gasteiger partial charge on any atom is -0.444 e. The summed E-state index contributed by atoms with van der Waals surface area (Å²) in [5, 5.41) is 12.8. The minimum atomic E-state index is -0.500. The smallest absolute Gasteiger partial charge is 0.410 e. The highest BCUT2D eigenvalue weighted by atomic mass is 16.6. The van der Waals surface area contributed by atoms with Crippen molar-refractivity contribution in [3.63, 3.8) is 0 Å². The van der Waals surface area contributed by atoms with Crippen molar-refractivity contribution in [2.75, 3.05) is 18.8 Å². The van der Waals surface area contributed by atoms with Gasteiger partial charge >= 0.3 is 6.09 Å². The van der Waals surface area contributed by atoms with Gasteiger partial charge in [0.05, 0.1) is 11.7 Å². The third-order valence-electron chi connectivity index (χ3n) is 7.79. The van der Waals surface area contributed by atoms with Crippen LogP contribution in [0.4, 0.5) is 10.6 Å². The monoisotopic (exact) mass is 492 g/mol. The van der Waals surface area contributed by atoms with Gasteiger partial charge in [-0.2, -0.15) is 0 Å². The van der Waals surface area contributed by atoms with Crippen molar-refractivity contribution >= 4 is 17.8 Å². The van der Waals surface area contributed by atoms with E-state index in [2.05, 4.69) is 22.4 Å². The molecule has 2 heterocycles. The number of hydrogen-bond acceptors (Lipinski definition) is 6. The number of pyridine rings is 1. The lowest BCUT2D eigenvalue weighted by atomic mass is 9.92. The van der Waals surface area contributed by atoms with Gasteiger partial charge in [-0.15, -0.1) is 0 Å². The number of piperidine rings is 1. The predicted octanol–water partition coefficient (Wildman–Crippen LogP) is 3.87. The van der Waals surface area contributed by atoms with Crippen LogP contribution in [0.15, 0.2) is 36.5 Å². The number of carbonyl (C=O) groups excluding carboxylic acids is 2. The van der Waals surface area contributed by atoms with Crippen LogP contribution < -0.4 is 11.1 Å². The fourth-order valence-electron chi connectivity index (χ4n) is 5.69. The highest BCUT2D eigenvalue weighted by Crippen LogP contribution is 2.59. The minimum absolute atomic E-state index is 0.00736. The Hall–Kier alpha value is -3.13. The van der Waals surface area contributed by atoms with Crippen molar-refractivity contribution in [2.45, 2.75) is 76.0 Å². The molecule has 36 heavy (non-hydrogen) atoms. The first-order chi connectivity index (χ1) is 17.0. The van der Waals surface area contributed by atoms with E-state index >= 15 is 0 Å². The third kappa shape index (κ3) is 4.91. The number of likely N-dealkylation sites (tertiary alicyclic amines) is 1. The number of nitrogens with zero attached hydrogens (tertiary/aromatic N) is 2. The van der Waals surface area contributed by atoms with Crippen molar-refractivity contribution in [1.29, 1.82) is 0 Å². The maximum Gasteiger partial charge on any atom is 0.410 e. The third-order valence-corrected chi connectivity index (χ3v) is 7.79. The van der Waals surface area contributed by atoms with Gasteiger partial charge in [0.25, 0.3) is 5.91 Å². The Balaban J connectivity index is 1.27. The zero-order valence-corrected chi connectivity index (χ0v) is 21.3. The molecule has 2 atom stereocenters. The Morgan fingerprint density at radius 2 is 1.83 bits per heavy atom. The van der Waals surface area contributed by atoms with Gasteiger partial charge in [0.2, 0.25) is 0 Å². The second kappa shape index (κ2) is 9.07. The lowest BCUT2D eigenvalue weighted by Crippen LogP contribution is -2.38. The molecule has 192 valence electrons. The molecule has 4 N–H and O–H groups in total. The van der Waals surface area contributed by atoms with Crippen LogP contribution in [0.5, 0.6) is 0 Å². The molecule has 2 aromatic rings. The highest BCUT2D eigenvalue weighted by Gasteiger charge is 2.62. The number of hydrogen-bond donors (Lipinski definition) is 3. The molecule has 1 aromatic heterocycles. The number of anilines is 1. The van der Waals surface area contributed by atoms with Crippen LogP contribution in [0.25, 0.3) is 11.1 Å². The van der Waals surface area contributed by atoms with E-state index in [1.807, 2.05) is 37.8 Å². The van der Waals surface area contributed by atoms with E-state index in [9.17, 15) is 14.7 Å². The number of aliphatic hydroxyl groups excluding tert-OH is 1. The van der Waals surface area contributed by atoms with Crippen molar-refractivity contribution in [3.8, 4) is 11.1 Å². The van der Waals surface area contributed by atoms with E-state index < -0.39 is 5.60 Å². The first-order valence-electron chi connectivity index (χ1n) is 12.9. The molecule has 1 aliphatic heterocycles. The molecule has 2 aliphatic carbocycles. The largest absolute Gasteiger partial charge is 0.444 e. The maximum absolute atomic E-state index is 12.9. The summed E-state index contributed by atoms with van der Waals surface area (Å²) in [4.78, 5) is 31.6. The number of carbonyl (C=O) groups is 2. The van der Waals surface area contributed by atoms with Crippen LogP contribution in [0, 0.1) is 5.92 Å². The lowest BCUT2D eigenvalue weighted by molar-refractivity contribution is 0.0270. The van der Waals surface area contributed by atoms with Gasteiger partial charge in [-0.25, -0.2) is 9.78 Å². The molecule has 3 aliphatic rings. The standard InChI is InChI=1S/C28H36N4O4/c1-27(2,3)36-26(35)32-15-20-13-28(20,16-32)19-6-4-17(5-7-19)18-12-23(24(29)30-14-18)25(34)31-21-8-10-22(33)11-9-21/h4-7,12,14,20-22,33H,8-11,13,15-16H2,1-3H3,(H2,29,30)(H,31,34)/t20-,21?,22?,28+/m1/s1. The molecule has 0 radical (unpaired) electrons. The van der Waals surface area contributed by atoms with Gasteiger partial charge in [0.1, 0.15) is 11.4 Å². The van der Waals surface area contributed by atoms with Crippen LogP contribution in [0.1, 0.15) is 68.8 Å². The first-order valence-corrected chi connectivity index (χ1v) is 12.9. The zero-order valence-electron chi connectivity index (χ0n) is 21.3. The summed E-state index contributed by atoms with van der Waals surface area (Å²) in [6.45, 7) is 7.07. The van der Waals surface area contributed by atoms with E-state index in [-0.39, 0.29) is 35.4 Å². The Bertz CT molecular complexity index is 1150.